The van der Waals surface area contributed by atoms with E-state index in [2.05, 4.69) is 28.8 Å². The average Bonchev–Trinajstić information content (AvgIpc) is 2.74. The Morgan fingerprint density at radius 2 is 2.31 bits per heavy atom. The van der Waals surface area contributed by atoms with Crippen LogP contribution in [0.25, 0.3) is 6.08 Å². The minimum Gasteiger partial charge on any atom is -0.367 e. The third-order valence-electron chi connectivity index (χ3n) is 3.68. The predicted molar refractivity (Wildman–Crippen MR) is 65.8 cm³/mol. The van der Waals surface area contributed by atoms with Crippen molar-refractivity contribution in [3.8, 4) is 0 Å². The van der Waals surface area contributed by atoms with Gasteiger partial charge in [-0.1, -0.05) is 0 Å². The molecule has 1 aliphatic heterocycles. The van der Waals surface area contributed by atoms with Crippen LogP contribution in [0.15, 0.2) is 34.6 Å². The van der Waals surface area contributed by atoms with Crippen LogP contribution in [-0.4, -0.2) is 4.98 Å². The van der Waals surface area contributed by atoms with Crippen LogP contribution < -0.4 is 5.32 Å². The van der Waals surface area contributed by atoms with Gasteiger partial charge in [-0.3, -0.25) is 0 Å². The lowest BCUT2D eigenvalue weighted by Gasteiger charge is -2.34. The van der Waals surface area contributed by atoms with Crippen molar-refractivity contribution in [1.82, 2.24) is 10.3 Å². The molecule has 2 bridgehead atoms. The lowest BCUT2D eigenvalue weighted by Crippen LogP contribution is -2.23. The van der Waals surface area contributed by atoms with Crippen LogP contribution >= 0.6 is 11.3 Å². The van der Waals surface area contributed by atoms with Crippen molar-refractivity contribution < 1.29 is 0 Å². The smallest absolute Gasteiger partial charge is 0.0801 e. The highest BCUT2D eigenvalue weighted by molar-refractivity contribution is 7.09. The Morgan fingerprint density at radius 1 is 1.31 bits per heavy atom. The van der Waals surface area contributed by atoms with Crippen LogP contribution in [0.1, 0.15) is 23.4 Å². The summed E-state index contributed by atoms with van der Waals surface area (Å²) in [6.07, 6.45) is 10.2. The maximum absolute atomic E-state index is 4.43. The van der Waals surface area contributed by atoms with E-state index in [1.54, 1.807) is 16.9 Å². The number of nitrogens with zero attached hydrogens (tertiary/aromatic N) is 1. The molecule has 1 atom stereocenters. The van der Waals surface area contributed by atoms with Gasteiger partial charge in [-0.05, 0) is 48.0 Å². The highest BCUT2D eigenvalue weighted by Gasteiger charge is 2.31. The summed E-state index contributed by atoms with van der Waals surface area (Å²) in [6, 6.07) is 0. The van der Waals surface area contributed by atoms with Crippen molar-refractivity contribution in [2.24, 2.45) is 5.92 Å². The minimum absolute atomic E-state index is 0.696. The molecule has 1 N–H and O–H groups in total. The molecule has 80 valence electrons. The molecular weight excluding hydrogens is 216 g/mol. The first-order valence-corrected chi connectivity index (χ1v) is 6.55. The van der Waals surface area contributed by atoms with Gasteiger partial charge in [-0.25, -0.2) is 4.98 Å². The summed E-state index contributed by atoms with van der Waals surface area (Å²) in [5.74, 6) is 0.696. The van der Waals surface area contributed by atoms with Crippen molar-refractivity contribution in [3.63, 3.8) is 0 Å². The Balaban J connectivity index is 1.86. The molecule has 2 aliphatic carbocycles. The second kappa shape index (κ2) is 3.08. The number of thiazole rings is 1. The molecule has 16 heavy (non-hydrogen) atoms. The van der Waals surface area contributed by atoms with Gasteiger partial charge in [0.1, 0.15) is 0 Å². The molecule has 0 radical (unpaired) electrons. The van der Waals surface area contributed by atoms with Crippen LogP contribution in [0, 0.1) is 5.92 Å². The Hall–Kier alpha value is -1.35. The highest BCUT2D eigenvalue weighted by Crippen LogP contribution is 2.44. The van der Waals surface area contributed by atoms with Gasteiger partial charge in [0.25, 0.3) is 0 Å². The van der Waals surface area contributed by atoms with Crippen molar-refractivity contribution in [3.05, 3.63) is 45.2 Å². The molecular formula is C13H12N2S. The average molecular weight is 228 g/mol. The van der Waals surface area contributed by atoms with Gasteiger partial charge >= 0.3 is 0 Å². The van der Waals surface area contributed by atoms with Gasteiger partial charge in [0.15, 0.2) is 0 Å². The SMILES string of the molecule is C1=C2CC(=CN1)C1=Cc3ncsc3CC1C2. The van der Waals surface area contributed by atoms with E-state index in [1.807, 2.05) is 5.51 Å². The third-order valence-corrected chi connectivity index (χ3v) is 4.55. The largest absolute Gasteiger partial charge is 0.367 e. The normalized spacial score (nSPS) is 25.8. The molecule has 2 nitrogen and oxygen atoms in total. The third kappa shape index (κ3) is 1.15. The summed E-state index contributed by atoms with van der Waals surface area (Å²) < 4.78 is 0. The van der Waals surface area contributed by atoms with Gasteiger partial charge in [-0.2, -0.15) is 0 Å². The summed E-state index contributed by atoms with van der Waals surface area (Å²) >= 11 is 1.80. The zero-order valence-corrected chi connectivity index (χ0v) is 9.68. The molecule has 0 saturated heterocycles. The number of dihydropyridines is 1. The summed E-state index contributed by atoms with van der Waals surface area (Å²) in [5, 5.41) is 3.25. The first-order valence-electron chi connectivity index (χ1n) is 5.67. The number of nitrogens with one attached hydrogen (secondary N) is 1. The number of fused-ring (bicyclic) bond motifs is 5. The van der Waals surface area contributed by atoms with Gasteiger partial charge in [-0.15, -0.1) is 11.3 Å². The summed E-state index contributed by atoms with van der Waals surface area (Å²) in [4.78, 5) is 5.89. The summed E-state index contributed by atoms with van der Waals surface area (Å²) in [6.45, 7) is 0. The maximum atomic E-state index is 4.43. The van der Waals surface area contributed by atoms with Gasteiger partial charge < -0.3 is 5.32 Å². The van der Waals surface area contributed by atoms with E-state index in [0.717, 1.165) is 6.42 Å². The predicted octanol–water partition coefficient (Wildman–Crippen LogP) is 2.86. The van der Waals surface area contributed by atoms with Gasteiger partial charge in [0.2, 0.25) is 0 Å². The minimum atomic E-state index is 0.696. The van der Waals surface area contributed by atoms with E-state index in [-0.39, 0.29) is 0 Å². The van der Waals surface area contributed by atoms with E-state index in [0.29, 0.717) is 5.92 Å². The Morgan fingerprint density at radius 3 is 3.31 bits per heavy atom. The second-order valence-corrected chi connectivity index (χ2v) is 5.62. The van der Waals surface area contributed by atoms with E-state index in [9.17, 15) is 0 Å². The molecule has 1 aromatic rings. The fourth-order valence-electron chi connectivity index (χ4n) is 2.93. The van der Waals surface area contributed by atoms with Crippen molar-refractivity contribution >= 4 is 17.4 Å². The monoisotopic (exact) mass is 228 g/mol. The maximum Gasteiger partial charge on any atom is 0.0801 e. The number of hydrogen-bond acceptors (Lipinski definition) is 3. The molecule has 0 amide bonds. The lowest BCUT2D eigenvalue weighted by atomic mass is 9.73. The molecule has 0 spiro atoms. The molecule has 1 fully saturated rings. The molecule has 1 saturated carbocycles. The highest BCUT2D eigenvalue weighted by atomic mass is 32.1. The van der Waals surface area contributed by atoms with Crippen LogP contribution in [0.2, 0.25) is 0 Å². The van der Waals surface area contributed by atoms with Crippen molar-refractivity contribution in [2.75, 3.05) is 0 Å². The van der Waals surface area contributed by atoms with Crippen LogP contribution in [-0.2, 0) is 6.42 Å². The first kappa shape index (κ1) is 8.76. The van der Waals surface area contributed by atoms with Crippen LogP contribution in [0.3, 0.4) is 0 Å². The Labute approximate surface area is 98.4 Å². The fourth-order valence-corrected chi connectivity index (χ4v) is 3.75. The molecule has 3 aliphatic rings. The van der Waals surface area contributed by atoms with E-state index >= 15 is 0 Å². The van der Waals surface area contributed by atoms with Crippen LogP contribution in [0.4, 0.5) is 0 Å². The summed E-state index contributed by atoms with van der Waals surface area (Å²) in [7, 11) is 0. The van der Waals surface area contributed by atoms with E-state index in [4.69, 9.17) is 0 Å². The first-order chi connectivity index (χ1) is 7.90. The van der Waals surface area contributed by atoms with Crippen molar-refractivity contribution in [2.45, 2.75) is 19.3 Å². The quantitative estimate of drug-likeness (QED) is 0.738. The Kier molecular flexibility index (Phi) is 1.68. The molecule has 2 heterocycles. The number of rotatable bonds is 0. The van der Waals surface area contributed by atoms with E-state index in [1.165, 1.54) is 34.6 Å². The zero-order valence-electron chi connectivity index (χ0n) is 8.86. The molecule has 1 unspecified atom stereocenters. The number of hydrogen-bond donors (Lipinski definition) is 1. The number of aromatic nitrogens is 1. The topological polar surface area (TPSA) is 24.9 Å². The Bertz CT molecular complexity index is 548. The standard InChI is InChI=1S/C13H12N2S/c1-8-2-10(6-14-5-8)11-4-12-13(3-9(1)11)16-7-15-12/h4-7,9,14H,1-3H2. The molecule has 0 aromatic carbocycles. The molecule has 3 heteroatoms. The second-order valence-electron chi connectivity index (χ2n) is 4.68. The number of allylic oxidation sites excluding steroid dienone is 3. The van der Waals surface area contributed by atoms with Crippen molar-refractivity contribution in [1.29, 1.82) is 0 Å². The molecule has 4 rings (SSSR count). The zero-order chi connectivity index (χ0) is 10.5. The summed E-state index contributed by atoms with van der Waals surface area (Å²) in [5.41, 5.74) is 7.70. The van der Waals surface area contributed by atoms with Gasteiger partial charge in [0.05, 0.1) is 11.2 Å². The lowest BCUT2D eigenvalue weighted by molar-refractivity contribution is 0.563. The van der Waals surface area contributed by atoms with Crippen LogP contribution in [0.5, 0.6) is 0 Å². The van der Waals surface area contributed by atoms with Gasteiger partial charge in [0, 0.05) is 17.3 Å². The fraction of sp³-hybridized carbons (Fsp3) is 0.308. The molecule has 1 aromatic heterocycles. The van der Waals surface area contributed by atoms with E-state index < -0.39 is 0 Å².